The zero-order valence-electron chi connectivity index (χ0n) is 9.02. The monoisotopic (exact) mass is 223 g/mol. The number of halogens is 1. The van der Waals surface area contributed by atoms with Crippen molar-refractivity contribution in [2.24, 2.45) is 12.8 Å². The summed E-state index contributed by atoms with van der Waals surface area (Å²) in [6.07, 6.45) is 1.01. The number of aromatic nitrogens is 2. The van der Waals surface area contributed by atoms with E-state index in [2.05, 4.69) is 4.98 Å². The molecule has 3 N–H and O–H groups in total. The minimum absolute atomic E-state index is 0.377. The van der Waals surface area contributed by atoms with Gasteiger partial charge in [0.15, 0.2) is 0 Å². The summed E-state index contributed by atoms with van der Waals surface area (Å²) in [6.45, 7) is 0.407. The van der Waals surface area contributed by atoms with Crippen LogP contribution < -0.4 is 5.73 Å². The highest BCUT2D eigenvalue weighted by Crippen LogP contribution is 2.23. The first-order valence-electron chi connectivity index (χ1n) is 5.12. The Morgan fingerprint density at radius 3 is 3.00 bits per heavy atom. The third-order valence-corrected chi connectivity index (χ3v) is 2.65. The Hall–Kier alpha value is -1.46. The number of hydrogen-bond acceptors (Lipinski definition) is 3. The van der Waals surface area contributed by atoms with Crippen LogP contribution in [0.25, 0.3) is 11.0 Å². The standard InChI is InChI=1S/C11H14FN3O/c1-15-9(10(16)2-3-13)5-7-4-8(12)6-14-11(7)15/h4-6,10,16H,2-3,13H2,1H3. The summed E-state index contributed by atoms with van der Waals surface area (Å²) in [4.78, 5) is 3.99. The van der Waals surface area contributed by atoms with Crippen LogP contribution in [0.1, 0.15) is 18.2 Å². The van der Waals surface area contributed by atoms with Gasteiger partial charge < -0.3 is 15.4 Å². The molecule has 0 aliphatic heterocycles. The van der Waals surface area contributed by atoms with Crippen molar-refractivity contribution >= 4 is 11.0 Å². The predicted octanol–water partition coefficient (Wildman–Crippen LogP) is 1.09. The Labute approximate surface area is 92.5 Å². The lowest BCUT2D eigenvalue weighted by atomic mass is 10.2. The fourth-order valence-electron chi connectivity index (χ4n) is 1.84. The topological polar surface area (TPSA) is 64.1 Å². The maximum Gasteiger partial charge on any atom is 0.142 e. The molecule has 0 radical (unpaired) electrons. The van der Waals surface area contributed by atoms with Crippen molar-refractivity contribution in [3.63, 3.8) is 0 Å². The van der Waals surface area contributed by atoms with E-state index < -0.39 is 6.10 Å². The second-order valence-electron chi connectivity index (χ2n) is 3.79. The average molecular weight is 223 g/mol. The molecule has 4 nitrogen and oxygen atoms in total. The third-order valence-electron chi connectivity index (χ3n) is 2.65. The highest BCUT2D eigenvalue weighted by atomic mass is 19.1. The number of fused-ring (bicyclic) bond motifs is 1. The van der Waals surface area contributed by atoms with Crippen molar-refractivity contribution in [2.45, 2.75) is 12.5 Å². The summed E-state index contributed by atoms with van der Waals surface area (Å²) in [5.41, 5.74) is 6.76. The van der Waals surface area contributed by atoms with Gasteiger partial charge in [-0.25, -0.2) is 9.37 Å². The molecular weight excluding hydrogens is 209 g/mol. The van der Waals surface area contributed by atoms with Crippen molar-refractivity contribution in [2.75, 3.05) is 6.54 Å². The molecule has 0 amide bonds. The maximum atomic E-state index is 13.0. The molecule has 1 unspecified atom stereocenters. The van der Waals surface area contributed by atoms with Crippen LogP contribution in [-0.2, 0) is 7.05 Å². The van der Waals surface area contributed by atoms with Gasteiger partial charge in [-0.3, -0.25) is 0 Å². The van der Waals surface area contributed by atoms with Crippen LogP contribution in [0.2, 0.25) is 0 Å². The fraction of sp³-hybridized carbons (Fsp3) is 0.364. The van der Waals surface area contributed by atoms with Gasteiger partial charge in [-0.1, -0.05) is 0 Å². The molecule has 0 aliphatic carbocycles. The second-order valence-corrected chi connectivity index (χ2v) is 3.79. The third kappa shape index (κ3) is 1.79. The number of nitrogens with zero attached hydrogens (tertiary/aromatic N) is 2. The van der Waals surface area contributed by atoms with E-state index in [9.17, 15) is 9.50 Å². The number of hydrogen-bond donors (Lipinski definition) is 2. The van der Waals surface area contributed by atoms with E-state index in [1.165, 1.54) is 12.3 Å². The summed E-state index contributed by atoms with van der Waals surface area (Å²) in [6, 6.07) is 3.15. The normalized spacial score (nSPS) is 13.2. The molecule has 0 saturated heterocycles. The van der Waals surface area contributed by atoms with Gasteiger partial charge in [0.05, 0.1) is 12.3 Å². The van der Waals surface area contributed by atoms with Crippen LogP contribution in [0.5, 0.6) is 0 Å². The molecule has 0 spiro atoms. The number of aliphatic hydroxyl groups is 1. The zero-order chi connectivity index (χ0) is 11.7. The number of pyridine rings is 1. The van der Waals surface area contributed by atoms with Gasteiger partial charge in [-0.2, -0.15) is 0 Å². The SMILES string of the molecule is Cn1c(C(O)CCN)cc2cc(F)cnc21. The molecule has 86 valence electrons. The van der Waals surface area contributed by atoms with Crippen molar-refractivity contribution in [1.82, 2.24) is 9.55 Å². The fourth-order valence-corrected chi connectivity index (χ4v) is 1.84. The number of rotatable bonds is 3. The zero-order valence-corrected chi connectivity index (χ0v) is 9.02. The molecule has 0 fully saturated rings. The average Bonchev–Trinajstić information content (AvgIpc) is 2.56. The summed E-state index contributed by atoms with van der Waals surface area (Å²) < 4.78 is 14.7. The molecule has 5 heteroatoms. The minimum atomic E-state index is -0.632. The highest BCUT2D eigenvalue weighted by molar-refractivity contribution is 5.77. The first-order chi connectivity index (χ1) is 7.63. The Morgan fingerprint density at radius 1 is 1.56 bits per heavy atom. The lowest BCUT2D eigenvalue weighted by Crippen LogP contribution is -2.09. The molecule has 16 heavy (non-hydrogen) atoms. The van der Waals surface area contributed by atoms with E-state index in [4.69, 9.17) is 5.73 Å². The van der Waals surface area contributed by atoms with Crippen molar-refractivity contribution in [3.05, 3.63) is 29.8 Å². The molecule has 2 aromatic heterocycles. The second kappa shape index (κ2) is 4.19. The molecule has 0 aliphatic rings. The van der Waals surface area contributed by atoms with Gasteiger partial charge in [0.25, 0.3) is 0 Å². The lowest BCUT2D eigenvalue weighted by Gasteiger charge is -2.10. The predicted molar refractivity (Wildman–Crippen MR) is 59.3 cm³/mol. The highest BCUT2D eigenvalue weighted by Gasteiger charge is 2.14. The summed E-state index contributed by atoms with van der Waals surface area (Å²) in [5, 5.41) is 10.5. The smallest absolute Gasteiger partial charge is 0.142 e. The first-order valence-corrected chi connectivity index (χ1v) is 5.12. The molecular formula is C11H14FN3O. The molecule has 0 bridgehead atoms. The summed E-state index contributed by atoms with van der Waals surface area (Å²) >= 11 is 0. The van der Waals surface area contributed by atoms with E-state index in [-0.39, 0.29) is 5.82 Å². The van der Waals surface area contributed by atoms with Gasteiger partial charge in [0, 0.05) is 18.1 Å². The van der Waals surface area contributed by atoms with Gasteiger partial charge in [0.1, 0.15) is 11.5 Å². The minimum Gasteiger partial charge on any atom is -0.387 e. The Morgan fingerprint density at radius 2 is 2.31 bits per heavy atom. The van der Waals surface area contributed by atoms with Gasteiger partial charge >= 0.3 is 0 Å². The molecule has 2 heterocycles. The Bertz CT molecular complexity index is 509. The molecule has 2 aromatic rings. The van der Waals surface area contributed by atoms with Crippen LogP contribution in [0.3, 0.4) is 0 Å². The van der Waals surface area contributed by atoms with E-state index >= 15 is 0 Å². The largest absolute Gasteiger partial charge is 0.387 e. The number of aliphatic hydroxyl groups excluding tert-OH is 1. The molecule has 0 saturated carbocycles. The summed E-state index contributed by atoms with van der Waals surface area (Å²) in [7, 11) is 1.79. The van der Waals surface area contributed by atoms with Crippen LogP contribution >= 0.6 is 0 Å². The first kappa shape index (κ1) is 11.0. The van der Waals surface area contributed by atoms with E-state index in [1.807, 2.05) is 0 Å². The van der Waals surface area contributed by atoms with E-state index in [0.717, 1.165) is 0 Å². The van der Waals surface area contributed by atoms with Crippen molar-refractivity contribution in [3.8, 4) is 0 Å². The Kier molecular flexibility index (Phi) is 2.89. The van der Waals surface area contributed by atoms with Crippen molar-refractivity contribution < 1.29 is 9.50 Å². The van der Waals surface area contributed by atoms with Crippen LogP contribution in [0, 0.1) is 5.82 Å². The Balaban J connectivity index is 2.51. The number of nitrogens with two attached hydrogens (primary N) is 1. The van der Waals surface area contributed by atoms with Gasteiger partial charge in [-0.15, -0.1) is 0 Å². The lowest BCUT2D eigenvalue weighted by molar-refractivity contribution is 0.162. The van der Waals surface area contributed by atoms with Crippen LogP contribution in [0.15, 0.2) is 18.3 Å². The van der Waals surface area contributed by atoms with E-state index in [0.29, 0.717) is 29.7 Å². The van der Waals surface area contributed by atoms with Gasteiger partial charge in [0.2, 0.25) is 0 Å². The summed E-state index contributed by atoms with van der Waals surface area (Å²) in [5.74, 6) is -0.377. The number of aryl methyl sites for hydroxylation is 1. The molecule has 0 aromatic carbocycles. The quantitative estimate of drug-likeness (QED) is 0.818. The van der Waals surface area contributed by atoms with Crippen LogP contribution in [0.4, 0.5) is 4.39 Å². The van der Waals surface area contributed by atoms with Crippen LogP contribution in [-0.4, -0.2) is 21.2 Å². The molecule has 1 atom stereocenters. The van der Waals surface area contributed by atoms with Crippen molar-refractivity contribution in [1.29, 1.82) is 0 Å². The van der Waals surface area contributed by atoms with E-state index in [1.54, 1.807) is 17.7 Å². The maximum absolute atomic E-state index is 13.0. The van der Waals surface area contributed by atoms with Gasteiger partial charge in [-0.05, 0) is 25.1 Å². The molecule has 2 rings (SSSR count).